The number of thiazole rings is 1. The predicted molar refractivity (Wildman–Crippen MR) is 60.1 cm³/mol. The highest BCUT2D eigenvalue weighted by atomic mass is 32.1. The van der Waals surface area contributed by atoms with Crippen LogP contribution in [0.15, 0.2) is 18.2 Å². The van der Waals surface area contributed by atoms with Gasteiger partial charge in [0.1, 0.15) is 0 Å². The van der Waals surface area contributed by atoms with Gasteiger partial charge in [0.05, 0.1) is 21.4 Å². The molecule has 2 aromatic rings. The van der Waals surface area contributed by atoms with E-state index >= 15 is 0 Å². The van der Waals surface area contributed by atoms with Crippen molar-refractivity contribution in [2.24, 2.45) is 0 Å². The van der Waals surface area contributed by atoms with E-state index in [1.807, 2.05) is 13.0 Å². The first-order valence-electron chi connectivity index (χ1n) is 4.35. The van der Waals surface area contributed by atoms with Crippen LogP contribution < -0.4 is 0 Å². The van der Waals surface area contributed by atoms with Gasteiger partial charge < -0.3 is 9.79 Å². The van der Waals surface area contributed by atoms with Crippen molar-refractivity contribution in [2.45, 2.75) is 13.1 Å². The van der Waals surface area contributed by atoms with Gasteiger partial charge in [-0.05, 0) is 24.6 Å². The normalized spacial score (nSPS) is 12.2. The molecular formula is C9H10NO3PS. The van der Waals surface area contributed by atoms with Crippen LogP contribution in [0.25, 0.3) is 10.2 Å². The van der Waals surface area contributed by atoms with E-state index in [1.165, 1.54) is 0 Å². The highest BCUT2D eigenvalue weighted by molar-refractivity contribution is 7.50. The first-order valence-corrected chi connectivity index (χ1v) is 6.96. The van der Waals surface area contributed by atoms with Gasteiger partial charge in [0.25, 0.3) is 0 Å². The lowest BCUT2D eigenvalue weighted by molar-refractivity contribution is 0.372. The second-order valence-electron chi connectivity index (χ2n) is 3.36. The Balaban J connectivity index is 2.42. The van der Waals surface area contributed by atoms with Crippen molar-refractivity contribution in [2.75, 3.05) is 0 Å². The zero-order valence-electron chi connectivity index (χ0n) is 8.04. The number of aryl methyl sites for hydroxylation is 1. The van der Waals surface area contributed by atoms with E-state index in [1.54, 1.807) is 23.5 Å². The second kappa shape index (κ2) is 3.68. The van der Waals surface area contributed by atoms with Crippen LogP contribution in [0.3, 0.4) is 0 Å². The Morgan fingerprint density at radius 2 is 2.20 bits per heavy atom. The number of nitrogens with zero attached hydrogens (tertiary/aromatic N) is 1. The molecule has 2 N–H and O–H groups in total. The quantitative estimate of drug-likeness (QED) is 0.794. The summed E-state index contributed by atoms with van der Waals surface area (Å²) in [4.78, 5) is 22.0. The zero-order valence-corrected chi connectivity index (χ0v) is 9.76. The minimum Gasteiger partial charge on any atom is -0.324 e. The maximum atomic E-state index is 10.8. The van der Waals surface area contributed by atoms with Gasteiger partial charge in [0.15, 0.2) is 0 Å². The fraction of sp³-hybridized carbons (Fsp3) is 0.222. The summed E-state index contributed by atoms with van der Waals surface area (Å²) in [5.41, 5.74) is 1.43. The average molecular weight is 243 g/mol. The van der Waals surface area contributed by atoms with Crippen LogP contribution in [0, 0.1) is 6.92 Å². The third kappa shape index (κ3) is 2.63. The minimum absolute atomic E-state index is 0.223. The van der Waals surface area contributed by atoms with Crippen molar-refractivity contribution in [3.05, 3.63) is 28.8 Å². The van der Waals surface area contributed by atoms with Crippen LogP contribution in [-0.2, 0) is 10.7 Å². The number of hydrogen-bond donors (Lipinski definition) is 2. The Bertz CT molecular complexity index is 545. The van der Waals surface area contributed by atoms with Gasteiger partial charge >= 0.3 is 7.60 Å². The molecule has 0 aliphatic heterocycles. The maximum absolute atomic E-state index is 10.8. The van der Waals surface area contributed by atoms with Gasteiger partial charge in [-0.1, -0.05) is 6.07 Å². The zero-order chi connectivity index (χ0) is 11.1. The molecule has 0 saturated carbocycles. The van der Waals surface area contributed by atoms with Crippen molar-refractivity contribution >= 4 is 29.1 Å². The van der Waals surface area contributed by atoms with Gasteiger partial charge in [-0.15, -0.1) is 11.3 Å². The molecule has 0 saturated heterocycles. The third-order valence-corrected chi connectivity index (χ3v) is 3.68. The van der Waals surface area contributed by atoms with Crippen molar-refractivity contribution < 1.29 is 14.4 Å². The molecule has 1 heterocycles. The molecule has 0 aliphatic rings. The van der Waals surface area contributed by atoms with Gasteiger partial charge in [-0.25, -0.2) is 4.98 Å². The lowest BCUT2D eigenvalue weighted by Gasteiger charge is -2.02. The summed E-state index contributed by atoms with van der Waals surface area (Å²) in [5.74, 6) is 0. The highest BCUT2D eigenvalue weighted by Crippen LogP contribution is 2.39. The molecule has 1 aromatic carbocycles. The third-order valence-electron chi connectivity index (χ3n) is 1.95. The molecule has 2 rings (SSSR count). The summed E-state index contributed by atoms with van der Waals surface area (Å²) in [6.07, 6.45) is -0.223. The molecule has 1 aromatic heterocycles. The van der Waals surface area contributed by atoms with Crippen molar-refractivity contribution in [3.63, 3.8) is 0 Å². The molecule has 0 spiro atoms. The Kier molecular flexibility index (Phi) is 2.64. The largest absolute Gasteiger partial charge is 0.329 e. The molecule has 80 valence electrons. The lowest BCUT2D eigenvalue weighted by Crippen LogP contribution is -1.86. The molecule has 0 amide bonds. The molecule has 0 aliphatic carbocycles. The van der Waals surface area contributed by atoms with Crippen LogP contribution in [-0.4, -0.2) is 14.8 Å². The SMILES string of the molecule is Cc1nc2cc(CP(=O)(O)O)ccc2s1. The maximum Gasteiger partial charge on any atom is 0.329 e. The number of rotatable bonds is 2. The lowest BCUT2D eigenvalue weighted by atomic mass is 10.2. The van der Waals surface area contributed by atoms with Crippen LogP contribution in [0.2, 0.25) is 0 Å². The number of benzene rings is 1. The van der Waals surface area contributed by atoms with E-state index in [9.17, 15) is 4.57 Å². The first kappa shape index (κ1) is 10.8. The topological polar surface area (TPSA) is 70.4 Å². The standard InChI is InChI=1S/C9H10NO3PS/c1-6-10-8-4-7(5-14(11,12)13)2-3-9(8)15-6/h2-4H,5H2,1H3,(H2,11,12,13). The van der Waals surface area contributed by atoms with Gasteiger partial charge in [-0.2, -0.15) is 0 Å². The fourth-order valence-corrected chi connectivity index (χ4v) is 2.90. The molecule has 0 bridgehead atoms. The van der Waals surface area contributed by atoms with E-state index in [0.29, 0.717) is 5.56 Å². The summed E-state index contributed by atoms with van der Waals surface area (Å²) >= 11 is 1.57. The van der Waals surface area contributed by atoms with Gasteiger partial charge in [0.2, 0.25) is 0 Å². The summed E-state index contributed by atoms with van der Waals surface area (Å²) in [6.45, 7) is 1.91. The summed E-state index contributed by atoms with van der Waals surface area (Å²) in [5, 5.41) is 0.957. The van der Waals surface area contributed by atoms with Gasteiger partial charge in [-0.3, -0.25) is 4.57 Å². The molecule has 4 nitrogen and oxygen atoms in total. The molecule has 15 heavy (non-hydrogen) atoms. The smallest absolute Gasteiger partial charge is 0.324 e. The van der Waals surface area contributed by atoms with Crippen LogP contribution in [0.5, 0.6) is 0 Å². The average Bonchev–Trinajstić information content (AvgIpc) is 2.40. The van der Waals surface area contributed by atoms with E-state index < -0.39 is 7.60 Å². The fourth-order valence-electron chi connectivity index (χ4n) is 1.42. The molecular weight excluding hydrogens is 233 g/mol. The Hall–Kier alpha value is -0.740. The Labute approximate surface area is 90.8 Å². The number of fused-ring (bicyclic) bond motifs is 1. The van der Waals surface area contributed by atoms with Gasteiger partial charge in [0, 0.05) is 0 Å². The molecule has 0 unspecified atom stereocenters. The minimum atomic E-state index is -3.98. The number of aromatic nitrogens is 1. The molecule has 0 fully saturated rings. The van der Waals surface area contributed by atoms with Crippen molar-refractivity contribution in [3.8, 4) is 0 Å². The van der Waals surface area contributed by atoms with Crippen LogP contribution in [0.1, 0.15) is 10.6 Å². The number of hydrogen-bond acceptors (Lipinski definition) is 3. The van der Waals surface area contributed by atoms with E-state index in [2.05, 4.69) is 4.98 Å². The predicted octanol–water partition coefficient (Wildman–Crippen LogP) is 2.28. The Morgan fingerprint density at radius 1 is 1.47 bits per heavy atom. The van der Waals surface area contributed by atoms with Crippen LogP contribution >= 0.6 is 18.9 Å². The van der Waals surface area contributed by atoms with Crippen molar-refractivity contribution in [1.29, 1.82) is 0 Å². The summed E-state index contributed by atoms with van der Waals surface area (Å²) < 4.78 is 11.9. The van der Waals surface area contributed by atoms with Crippen LogP contribution in [0.4, 0.5) is 0 Å². The molecule has 6 heteroatoms. The monoisotopic (exact) mass is 243 g/mol. The van der Waals surface area contributed by atoms with Crippen molar-refractivity contribution in [1.82, 2.24) is 4.98 Å². The first-order chi connectivity index (χ1) is 6.94. The van der Waals surface area contributed by atoms with E-state index in [4.69, 9.17) is 9.79 Å². The second-order valence-corrected chi connectivity index (χ2v) is 6.24. The Morgan fingerprint density at radius 3 is 2.87 bits per heavy atom. The molecule has 0 radical (unpaired) electrons. The van der Waals surface area contributed by atoms with E-state index in [0.717, 1.165) is 15.2 Å². The van der Waals surface area contributed by atoms with E-state index in [-0.39, 0.29) is 6.16 Å². The summed E-state index contributed by atoms with van der Waals surface area (Å²) in [7, 11) is -3.98. The summed E-state index contributed by atoms with van der Waals surface area (Å²) in [6, 6.07) is 5.32. The molecule has 0 atom stereocenters. The highest BCUT2D eigenvalue weighted by Gasteiger charge is 2.14.